The van der Waals surface area contributed by atoms with Gasteiger partial charge in [0.25, 0.3) is 5.69 Å². The zero-order valence-electron chi connectivity index (χ0n) is 26.9. The van der Waals surface area contributed by atoms with Crippen molar-refractivity contribution in [1.29, 1.82) is 0 Å². The van der Waals surface area contributed by atoms with Gasteiger partial charge in [0.15, 0.2) is 11.6 Å². The van der Waals surface area contributed by atoms with Crippen LogP contribution in [0.4, 0.5) is 5.69 Å². The fourth-order valence-corrected chi connectivity index (χ4v) is 7.92. The van der Waals surface area contributed by atoms with Crippen LogP contribution in [0.1, 0.15) is 76.0 Å². The summed E-state index contributed by atoms with van der Waals surface area (Å²) in [4.78, 5) is 42.2. The van der Waals surface area contributed by atoms with Crippen LogP contribution >= 0.6 is 0 Å². The summed E-state index contributed by atoms with van der Waals surface area (Å²) in [6.45, 7) is 9.68. The number of carbonyl (C=O) groups excluding carboxylic acids is 2. The molecule has 3 aliphatic rings. The lowest BCUT2D eigenvalue weighted by Gasteiger charge is -2.49. The van der Waals surface area contributed by atoms with Crippen LogP contribution in [0.15, 0.2) is 108 Å². The molecule has 3 aromatic carbocycles. The van der Waals surface area contributed by atoms with E-state index < -0.39 is 5.92 Å². The van der Waals surface area contributed by atoms with Crippen LogP contribution in [-0.2, 0) is 22.7 Å². The van der Waals surface area contributed by atoms with Gasteiger partial charge in [-0.05, 0) is 46.4 Å². The molecule has 0 saturated heterocycles. The number of ketones is 2. The van der Waals surface area contributed by atoms with Crippen molar-refractivity contribution in [3.8, 4) is 0 Å². The van der Waals surface area contributed by atoms with Crippen molar-refractivity contribution in [3.63, 3.8) is 0 Å². The number of benzene rings is 3. The van der Waals surface area contributed by atoms with Crippen molar-refractivity contribution in [2.24, 2.45) is 10.8 Å². The Morgan fingerprint density at radius 2 is 1.33 bits per heavy atom. The van der Waals surface area contributed by atoms with Gasteiger partial charge in [0.1, 0.15) is 0 Å². The van der Waals surface area contributed by atoms with Crippen molar-refractivity contribution < 1.29 is 14.5 Å². The van der Waals surface area contributed by atoms with E-state index in [0.29, 0.717) is 25.9 Å². The molecule has 4 aromatic rings. The number of carbonyl (C=O) groups is 2. The summed E-state index contributed by atoms with van der Waals surface area (Å²) in [6, 6.07) is 25.1. The van der Waals surface area contributed by atoms with E-state index in [4.69, 9.17) is 0 Å². The highest BCUT2D eigenvalue weighted by molar-refractivity contribution is 6.08. The van der Waals surface area contributed by atoms with Crippen LogP contribution in [0.3, 0.4) is 0 Å². The first-order chi connectivity index (χ1) is 21.9. The van der Waals surface area contributed by atoms with Crippen LogP contribution in [0.2, 0.25) is 0 Å². The fourth-order valence-electron chi connectivity index (χ4n) is 7.92. The highest BCUT2D eigenvalue weighted by Crippen LogP contribution is 2.55. The van der Waals surface area contributed by atoms with Crippen molar-refractivity contribution in [2.45, 2.75) is 72.4 Å². The number of nitro groups is 1. The molecule has 0 N–H and O–H groups in total. The molecule has 0 saturated carbocycles. The molecule has 0 radical (unpaired) electrons. The minimum atomic E-state index is -0.472. The second-order valence-electron chi connectivity index (χ2n) is 14.8. The predicted molar refractivity (Wildman–Crippen MR) is 179 cm³/mol. The lowest BCUT2D eigenvalue weighted by atomic mass is 9.63. The number of rotatable bonds is 6. The van der Waals surface area contributed by atoms with Crippen molar-refractivity contribution in [2.75, 3.05) is 0 Å². The van der Waals surface area contributed by atoms with Gasteiger partial charge in [0.2, 0.25) is 0 Å². The van der Waals surface area contributed by atoms with Crippen molar-refractivity contribution in [3.05, 3.63) is 134 Å². The van der Waals surface area contributed by atoms with Gasteiger partial charge in [0.05, 0.1) is 4.92 Å². The Morgan fingerprint density at radius 3 is 1.96 bits per heavy atom. The van der Waals surface area contributed by atoms with E-state index in [1.165, 1.54) is 6.07 Å². The summed E-state index contributed by atoms with van der Waals surface area (Å²) < 4.78 is 2.11. The Bertz CT molecular complexity index is 1920. The number of fused-ring (bicyclic) bond motifs is 1. The Hall–Kier alpha value is -4.78. The van der Waals surface area contributed by atoms with Crippen molar-refractivity contribution in [1.82, 2.24) is 9.47 Å². The van der Waals surface area contributed by atoms with Gasteiger partial charge in [-0.15, -0.1) is 0 Å². The van der Waals surface area contributed by atoms with E-state index in [1.807, 2.05) is 42.5 Å². The largest absolute Gasteiger partial charge is 0.343 e. The Morgan fingerprint density at radius 1 is 0.739 bits per heavy atom. The Balaban J connectivity index is 1.45. The zero-order chi connectivity index (χ0) is 32.4. The van der Waals surface area contributed by atoms with E-state index in [-0.39, 0.29) is 33.0 Å². The number of nitro benzene ring substituents is 1. The number of hydrogen-bond acceptors (Lipinski definition) is 5. The number of allylic oxidation sites excluding steroid dienone is 4. The van der Waals surface area contributed by atoms with Gasteiger partial charge in [-0.2, -0.15) is 0 Å². The molecule has 1 aromatic heterocycles. The van der Waals surface area contributed by atoms with Crippen molar-refractivity contribution >= 4 is 28.2 Å². The number of non-ortho nitro benzene ring substituents is 1. The summed E-state index contributed by atoms with van der Waals surface area (Å²) in [5, 5.41) is 12.5. The SMILES string of the molecule is CC1(C)CC(=O)C2=C(C1)N(Cc1ccccc1)C1=C(C(=O)CC(C)(C)C1)C2c1cn(Cc2cccc([N+](=O)[O-])c2)c2ccccc12. The van der Waals surface area contributed by atoms with Gasteiger partial charge < -0.3 is 9.47 Å². The molecule has 7 heteroatoms. The first-order valence-corrected chi connectivity index (χ1v) is 16.1. The van der Waals surface area contributed by atoms with Crippen LogP contribution in [-0.4, -0.2) is 26.0 Å². The minimum absolute atomic E-state index is 0.0513. The van der Waals surface area contributed by atoms with Crippen LogP contribution in [0, 0.1) is 20.9 Å². The summed E-state index contributed by atoms with van der Waals surface area (Å²) in [5.41, 5.74) is 7.06. The molecular weight excluding hydrogens is 574 g/mol. The maximum Gasteiger partial charge on any atom is 0.269 e. The Labute approximate surface area is 269 Å². The summed E-state index contributed by atoms with van der Waals surface area (Å²) in [6.07, 6.45) is 4.42. The topological polar surface area (TPSA) is 85.5 Å². The van der Waals surface area contributed by atoms with Gasteiger partial charge in [-0.25, -0.2) is 0 Å². The number of para-hydroxylation sites is 1. The average molecular weight is 614 g/mol. The minimum Gasteiger partial charge on any atom is -0.343 e. The monoisotopic (exact) mass is 613 g/mol. The molecule has 7 nitrogen and oxygen atoms in total. The zero-order valence-corrected chi connectivity index (χ0v) is 26.9. The summed E-state index contributed by atoms with van der Waals surface area (Å²) >= 11 is 0. The second kappa shape index (κ2) is 10.9. The lowest BCUT2D eigenvalue weighted by Crippen LogP contribution is -2.44. The predicted octanol–water partition coefficient (Wildman–Crippen LogP) is 8.48. The normalized spacial score (nSPS) is 19.4. The number of Topliss-reactive ketones (excluding diaryl/α,β-unsaturated/α-hetero) is 2. The molecule has 0 spiro atoms. The number of nitrogens with zero attached hydrogens (tertiary/aromatic N) is 3. The number of aromatic nitrogens is 1. The van der Waals surface area contributed by atoms with Gasteiger partial charge in [-0.1, -0.05) is 88.4 Å². The molecule has 7 rings (SSSR count). The molecular formula is C39H39N3O4. The second-order valence-corrected chi connectivity index (χ2v) is 14.8. The lowest BCUT2D eigenvalue weighted by molar-refractivity contribution is -0.384. The molecule has 2 heterocycles. The molecule has 0 amide bonds. The first kappa shape index (κ1) is 29.9. The molecule has 0 bridgehead atoms. The third-order valence-electron chi connectivity index (χ3n) is 9.81. The van der Waals surface area contributed by atoms with Gasteiger partial charge in [0, 0.05) is 83.6 Å². The van der Waals surface area contributed by atoms with E-state index in [0.717, 1.165) is 63.0 Å². The summed E-state index contributed by atoms with van der Waals surface area (Å²) in [5.74, 6) is -0.261. The smallest absolute Gasteiger partial charge is 0.269 e. The third kappa shape index (κ3) is 5.27. The van der Waals surface area contributed by atoms with E-state index in [2.05, 4.69) is 61.6 Å². The fraction of sp³-hybridized carbons (Fsp3) is 0.333. The highest BCUT2D eigenvalue weighted by atomic mass is 16.6. The first-order valence-electron chi connectivity index (χ1n) is 16.1. The summed E-state index contributed by atoms with van der Waals surface area (Å²) in [7, 11) is 0. The molecule has 0 fully saturated rings. The van der Waals surface area contributed by atoms with E-state index in [1.54, 1.807) is 12.1 Å². The third-order valence-corrected chi connectivity index (χ3v) is 9.81. The quantitative estimate of drug-likeness (QED) is 0.161. The molecule has 0 atom stereocenters. The molecule has 0 unspecified atom stereocenters. The molecule has 234 valence electrons. The molecule has 2 aliphatic carbocycles. The van der Waals surface area contributed by atoms with E-state index in [9.17, 15) is 19.7 Å². The average Bonchev–Trinajstić information content (AvgIpc) is 3.35. The highest BCUT2D eigenvalue weighted by Gasteiger charge is 2.49. The van der Waals surface area contributed by atoms with E-state index >= 15 is 0 Å². The van der Waals surface area contributed by atoms with Crippen LogP contribution in [0.25, 0.3) is 10.9 Å². The van der Waals surface area contributed by atoms with Crippen LogP contribution < -0.4 is 0 Å². The molecule has 46 heavy (non-hydrogen) atoms. The van der Waals surface area contributed by atoms with Gasteiger partial charge in [-0.3, -0.25) is 19.7 Å². The molecule has 1 aliphatic heterocycles. The maximum absolute atomic E-state index is 14.4. The maximum atomic E-state index is 14.4. The standard InChI is InChI=1S/C39H39N3O4/c1-38(2)18-31-36(33(43)20-38)35(37-32(19-39(3,4)21-34(37)44)41(31)23-25-11-6-5-7-12-25)29-24-40(30-16-9-8-15-28(29)30)22-26-13-10-14-27(17-26)42(45)46/h5-17,24,35H,18-23H2,1-4H3. The van der Waals surface area contributed by atoms with Crippen LogP contribution in [0.5, 0.6) is 0 Å². The Kier molecular flexibility index (Phi) is 7.11. The van der Waals surface area contributed by atoms with Gasteiger partial charge >= 0.3 is 0 Å². The number of hydrogen-bond donors (Lipinski definition) is 0.